The SMILES string of the molecule is CCOCCCNC(=O)/C(C#N)=C/c1cc(C)n(-c2ccc(Cl)cc2)c1C. The molecular weight excluding hydrogens is 362 g/mol. The molecule has 1 aromatic carbocycles. The Labute approximate surface area is 165 Å². The molecule has 0 aliphatic rings. The minimum Gasteiger partial charge on any atom is -0.382 e. The zero-order valence-electron chi connectivity index (χ0n) is 15.9. The average molecular weight is 386 g/mol. The first-order valence-electron chi connectivity index (χ1n) is 8.90. The first kappa shape index (κ1) is 20.8. The summed E-state index contributed by atoms with van der Waals surface area (Å²) in [5.41, 5.74) is 3.86. The molecule has 2 aromatic rings. The van der Waals surface area contributed by atoms with E-state index < -0.39 is 0 Å². The van der Waals surface area contributed by atoms with E-state index in [-0.39, 0.29) is 11.5 Å². The van der Waals surface area contributed by atoms with Crippen LogP contribution >= 0.6 is 11.6 Å². The minimum absolute atomic E-state index is 0.0859. The van der Waals surface area contributed by atoms with Gasteiger partial charge in [-0.3, -0.25) is 4.79 Å². The van der Waals surface area contributed by atoms with Crippen LogP contribution in [-0.4, -0.2) is 30.2 Å². The molecule has 1 aromatic heterocycles. The van der Waals surface area contributed by atoms with Gasteiger partial charge < -0.3 is 14.6 Å². The highest BCUT2D eigenvalue weighted by molar-refractivity contribution is 6.30. The van der Waals surface area contributed by atoms with Crippen molar-refractivity contribution >= 4 is 23.6 Å². The second-order valence-corrected chi connectivity index (χ2v) is 6.55. The molecule has 0 spiro atoms. The monoisotopic (exact) mass is 385 g/mol. The summed E-state index contributed by atoms with van der Waals surface area (Å²) >= 11 is 5.97. The lowest BCUT2D eigenvalue weighted by Gasteiger charge is -2.09. The molecule has 5 nitrogen and oxygen atoms in total. The van der Waals surface area contributed by atoms with Crippen molar-refractivity contribution in [2.45, 2.75) is 27.2 Å². The Bertz CT molecular complexity index is 861. The number of nitrogens with one attached hydrogen (secondary N) is 1. The summed E-state index contributed by atoms with van der Waals surface area (Å²) in [7, 11) is 0. The number of carbonyl (C=O) groups is 1. The van der Waals surface area contributed by atoms with Crippen LogP contribution in [0.15, 0.2) is 35.9 Å². The first-order valence-corrected chi connectivity index (χ1v) is 9.28. The summed E-state index contributed by atoms with van der Waals surface area (Å²) in [4.78, 5) is 12.3. The van der Waals surface area contributed by atoms with Crippen LogP contribution in [0.1, 0.15) is 30.3 Å². The van der Waals surface area contributed by atoms with Crippen LogP contribution in [0, 0.1) is 25.2 Å². The second kappa shape index (κ2) is 9.96. The van der Waals surface area contributed by atoms with Gasteiger partial charge in [-0.05, 0) is 69.2 Å². The largest absolute Gasteiger partial charge is 0.382 e. The van der Waals surface area contributed by atoms with E-state index >= 15 is 0 Å². The molecule has 0 radical (unpaired) electrons. The molecule has 0 fully saturated rings. The zero-order valence-corrected chi connectivity index (χ0v) is 16.6. The molecule has 0 bridgehead atoms. The normalized spacial score (nSPS) is 11.3. The standard InChI is InChI=1S/C21H24ClN3O2/c1-4-27-11-5-10-24-21(26)18(14-23)13-17-12-15(2)25(16(17)3)20-8-6-19(22)7-9-20/h6-9,12-13H,4-5,10-11H2,1-3H3,(H,24,26)/b18-13+. The number of nitriles is 1. The van der Waals surface area contributed by atoms with Gasteiger partial charge in [-0.15, -0.1) is 0 Å². The molecule has 1 N–H and O–H groups in total. The predicted octanol–water partition coefficient (Wildman–Crippen LogP) is 4.20. The summed E-state index contributed by atoms with van der Waals surface area (Å²) in [6.07, 6.45) is 2.34. The van der Waals surface area contributed by atoms with Crippen LogP contribution in [0.2, 0.25) is 5.02 Å². The fourth-order valence-corrected chi connectivity index (χ4v) is 2.97. The molecule has 1 heterocycles. The molecule has 0 unspecified atom stereocenters. The quantitative estimate of drug-likeness (QED) is 0.420. The Morgan fingerprint density at radius 1 is 1.33 bits per heavy atom. The van der Waals surface area contributed by atoms with E-state index in [0.717, 1.165) is 22.6 Å². The van der Waals surface area contributed by atoms with Gasteiger partial charge in [-0.25, -0.2) is 0 Å². The Kier molecular flexibility index (Phi) is 7.66. The van der Waals surface area contributed by atoms with E-state index in [9.17, 15) is 10.1 Å². The molecule has 0 aliphatic heterocycles. The van der Waals surface area contributed by atoms with Gasteiger partial charge in [0.2, 0.25) is 0 Å². The van der Waals surface area contributed by atoms with Crippen molar-refractivity contribution in [1.82, 2.24) is 9.88 Å². The number of nitrogens with zero attached hydrogens (tertiary/aromatic N) is 2. The van der Waals surface area contributed by atoms with Crippen molar-refractivity contribution < 1.29 is 9.53 Å². The Morgan fingerprint density at radius 2 is 2.04 bits per heavy atom. The van der Waals surface area contributed by atoms with Gasteiger partial charge in [0, 0.05) is 41.9 Å². The van der Waals surface area contributed by atoms with E-state index in [2.05, 4.69) is 9.88 Å². The van der Waals surface area contributed by atoms with Crippen molar-refractivity contribution in [2.24, 2.45) is 0 Å². The smallest absolute Gasteiger partial charge is 0.261 e. The highest BCUT2D eigenvalue weighted by Crippen LogP contribution is 2.23. The molecule has 27 heavy (non-hydrogen) atoms. The van der Waals surface area contributed by atoms with Crippen LogP contribution in [-0.2, 0) is 9.53 Å². The lowest BCUT2D eigenvalue weighted by Crippen LogP contribution is -2.26. The van der Waals surface area contributed by atoms with E-state index in [4.69, 9.17) is 16.3 Å². The highest BCUT2D eigenvalue weighted by atomic mass is 35.5. The number of ether oxygens (including phenoxy) is 1. The van der Waals surface area contributed by atoms with E-state index in [1.165, 1.54) is 0 Å². The third-order valence-corrected chi connectivity index (χ3v) is 4.43. The van der Waals surface area contributed by atoms with Crippen molar-refractivity contribution in [3.8, 4) is 11.8 Å². The number of benzene rings is 1. The summed E-state index contributed by atoms with van der Waals surface area (Å²) in [5, 5.41) is 12.8. The maximum absolute atomic E-state index is 12.3. The van der Waals surface area contributed by atoms with Crippen LogP contribution in [0.25, 0.3) is 11.8 Å². The van der Waals surface area contributed by atoms with Crippen LogP contribution in [0.4, 0.5) is 0 Å². The minimum atomic E-state index is -0.370. The number of aryl methyl sites for hydroxylation is 1. The molecule has 0 saturated heterocycles. The third-order valence-electron chi connectivity index (χ3n) is 4.18. The van der Waals surface area contributed by atoms with E-state index in [1.807, 2.05) is 57.2 Å². The highest BCUT2D eigenvalue weighted by Gasteiger charge is 2.13. The summed E-state index contributed by atoms with van der Waals surface area (Å²) in [5.74, 6) is -0.370. The van der Waals surface area contributed by atoms with Crippen molar-refractivity contribution in [3.05, 3.63) is 57.9 Å². The summed E-state index contributed by atoms with van der Waals surface area (Å²) in [6.45, 7) is 7.59. The molecule has 0 aliphatic carbocycles. The number of rotatable bonds is 8. The fraction of sp³-hybridized carbons (Fsp3) is 0.333. The second-order valence-electron chi connectivity index (χ2n) is 6.11. The van der Waals surface area contributed by atoms with Crippen molar-refractivity contribution in [1.29, 1.82) is 5.26 Å². The number of halogens is 1. The fourth-order valence-electron chi connectivity index (χ4n) is 2.84. The third kappa shape index (κ3) is 5.46. The van der Waals surface area contributed by atoms with Gasteiger partial charge in [-0.2, -0.15) is 5.26 Å². The summed E-state index contributed by atoms with van der Waals surface area (Å²) < 4.78 is 7.30. The number of aromatic nitrogens is 1. The molecule has 1 amide bonds. The number of hydrogen-bond donors (Lipinski definition) is 1. The lowest BCUT2D eigenvalue weighted by atomic mass is 10.1. The van der Waals surface area contributed by atoms with Gasteiger partial charge in [0.1, 0.15) is 11.6 Å². The first-order chi connectivity index (χ1) is 13.0. The Morgan fingerprint density at radius 3 is 2.67 bits per heavy atom. The van der Waals surface area contributed by atoms with Gasteiger partial charge in [0.05, 0.1) is 0 Å². The topological polar surface area (TPSA) is 67.0 Å². The van der Waals surface area contributed by atoms with Crippen molar-refractivity contribution in [2.75, 3.05) is 19.8 Å². The molecule has 0 atom stereocenters. The molecular formula is C21H24ClN3O2. The maximum atomic E-state index is 12.3. The molecule has 6 heteroatoms. The van der Waals surface area contributed by atoms with Crippen LogP contribution in [0.3, 0.4) is 0 Å². The van der Waals surface area contributed by atoms with Crippen LogP contribution in [0.5, 0.6) is 0 Å². The Hall–Kier alpha value is -2.55. The Balaban J connectivity index is 2.19. The van der Waals surface area contributed by atoms with Crippen molar-refractivity contribution in [3.63, 3.8) is 0 Å². The average Bonchev–Trinajstić information content (AvgIpc) is 2.93. The number of hydrogen-bond acceptors (Lipinski definition) is 3. The summed E-state index contributed by atoms with van der Waals surface area (Å²) in [6, 6.07) is 11.5. The molecule has 0 saturated carbocycles. The molecule has 2 rings (SSSR count). The number of amides is 1. The van der Waals surface area contributed by atoms with Crippen LogP contribution < -0.4 is 5.32 Å². The predicted molar refractivity (Wildman–Crippen MR) is 108 cm³/mol. The van der Waals surface area contributed by atoms with Gasteiger partial charge in [-0.1, -0.05) is 11.6 Å². The lowest BCUT2D eigenvalue weighted by molar-refractivity contribution is -0.117. The van der Waals surface area contributed by atoms with Gasteiger partial charge >= 0.3 is 0 Å². The molecule has 142 valence electrons. The number of carbonyl (C=O) groups excluding carboxylic acids is 1. The van der Waals surface area contributed by atoms with Gasteiger partial charge in [0.25, 0.3) is 5.91 Å². The maximum Gasteiger partial charge on any atom is 0.261 e. The van der Waals surface area contributed by atoms with E-state index in [0.29, 0.717) is 31.2 Å². The zero-order chi connectivity index (χ0) is 19.8. The van der Waals surface area contributed by atoms with Gasteiger partial charge in [0.15, 0.2) is 0 Å². The van der Waals surface area contributed by atoms with E-state index in [1.54, 1.807) is 6.08 Å².